The van der Waals surface area contributed by atoms with Gasteiger partial charge in [0, 0.05) is 49.4 Å². The third kappa shape index (κ3) is 10.9. The minimum atomic E-state index is -0.388. The fourth-order valence-corrected chi connectivity index (χ4v) is 6.59. The molecule has 12 heteroatoms. The predicted molar refractivity (Wildman–Crippen MR) is 194 cm³/mol. The quantitative estimate of drug-likeness (QED) is 0.0763. The Hall–Kier alpha value is -4.27. The first-order valence-electron chi connectivity index (χ1n) is 17.7. The molecule has 3 atom stereocenters. The maximum Gasteiger partial charge on any atom is 0.222 e. The number of likely N-dealkylation sites (tertiary alicyclic amines) is 1. The number of piperidine rings is 1. The number of methoxy groups -OCH3 is 2. The number of carbonyl (C=O) groups excluding carboxylic acids is 1. The smallest absolute Gasteiger partial charge is 0.222 e. The molecular weight excluding hydrogens is 668 g/mol. The molecule has 1 aliphatic heterocycles. The zero-order valence-corrected chi connectivity index (χ0v) is 30.1. The lowest BCUT2D eigenvalue weighted by molar-refractivity contribution is -0.492. The van der Waals surface area contributed by atoms with Crippen LogP contribution in [-0.2, 0) is 37.1 Å². The number of amides is 1. The first-order valence-corrected chi connectivity index (χ1v) is 17.7. The molecule has 0 aromatic heterocycles. The highest BCUT2D eigenvalue weighted by Crippen LogP contribution is 2.35. The van der Waals surface area contributed by atoms with E-state index in [0.717, 1.165) is 51.1 Å². The van der Waals surface area contributed by atoms with Crippen molar-refractivity contribution < 1.29 is 48.5 Å². The Morgan fingerprint density at radius 2 is 1.54 bits per heavy atom. The lowest BCUT2D eigenvalue weighted by Crippen LogP contribution is -2.54. The molecule has 52 heavy (non-hydrogen) atoms. The van der Waals surface area contributed by atoms with Crippen LogP contribution in [0.25, 0.3) is 10.8 Å². The SMILES string of the molecule is CCOC1CN(C(=O)CCCON(O)O)CC(OCc2cc(OC)c3ccccc3c2)C1c1ccc(OCCCOCc2ccccc2OC)cc1. The zero-order valence-electron chi connectivity index (χ0n) is 30.1. The van der Waals surface area contributed by atoms with Crippen LogP contribution in [-0.4, -0.2) is 92.6 Å². The maximum absolute atomic E-state index is 13.4. The molecule has 0 aliphatic carbocycles. The summed E-state index contributed by atoms with van der Waals surface area (Å²) in [6, 6.07) is 28.0. The first-order chi connectivity index (χ1) is 25.4. The minimum Gasteiger partial charge on any atom is -0.496 e. The molecule has 12 nitrogen and oxygen atoms in total. The van der Waals surface area contributed by atoms with E-state index in [9.17, 15) is 4.79 Å². The number of benzene rings is 4. The fraction of sp³-hybridized carbons (Fsp3) is 0.425. The molecule has 0 radical (unpaired) electrons. The summed E-state index contributed by atoms with van der Waals surface area (Å²) in [6.07, 6.45) is 0.500. The molecule has 1 fully saturated rings. The van der Waals surface area contributed by atoms with E-state index in [1.165, 1.54) is 0 Å². The average Bonchev–Trinajstić information content (AvgIpc) is 3.17. The normalized spacial score (nSPS) is 17.4. The van der Waals surface area contributed by atoms with Crippen molar-refractivity contribution in [2.45, 2.75) is 57.5 Å². The summed E-state index contributed by atoms with van der Waals surface area (Å²) in [5.74, 6) is 2.08. The van der Waals surface area contributed by atoms with Gasteiger partial charge < -0.3 is 33.3 Å². The van der Waals surface area contributed by atoms with Gasteiger partial charge in [0.15, 0.2) is 0 Å². The first kappa shape index (κ1) is 38.9. The van der Waals surface area contributed by atoms with Gasteiger partial charge in [0.05, 0.1) is 64.9 Å². The molecule has 2 N–H and O–H groups in total. The summed E-state index contributed by atoms with van der Waals surface area (Å²) in [7, 11) is 3.32. The van der Waals surface area contributed by atoms with Crippen molar-refractivity contribution in [3.05, 3.63) is 102 Å². The number of nitrogens with zero attached hydrogens (tertiary/aromatic N) is 2. The lowest BCUT2D eigenvalue weighted by Gasteiger charge is -2.43. The van der Waals surface area contributed by atoms with Crippen molar-refractivity contribution in [1.82, 2.24) is 10.3 Å². The topological polar surface area (TPSA) is 129 Å². The average molecular weight is 719 g/mol. The van der Waals surface area contributed by atoms with E-state index in [1.54, 1.807) is 19.1 Å². The Morgan fingerprint density at radius 3 is 2.29 bits per heavy atom. The molecule has 5 rings (SSSR count). The van der Waals surface area contributed by atoms with Crippen LogP contribution in [0.4, 0.5) is 0 Å². The molecule has 0 spiro atoms. The maximum atomic E-state index is 13.4. The Labute approximate surface area is 305 Å². The highest BCUT2D eigenvalue weighted by molar-refractivity contribution is 5.89. The number of hydrogen-bond donors (Lipinski definition) is 2. The van der Waals surface area contributed by atoms with E-state index in [1.807, 2.05) is 85.8 Å². The number of fused-ring (bicyclic) bond motifs is 1. The van der Waals surface area contributed by atoms with Crippen molar-refractivity contribution in [1.29, 1.82) is 0 Å². The molecule has 1 heterocycles. The molecule has 280 valence electrons. The number of carbonyl (C=O) groups is 1. The summed E-state index contributed by atoms with van der Waals surface area (Å²) < 4.78 is 36.0. The molecule has 4 aromatic carbocycles. The molecule has 0 saturated carbocycles. The lowest BCUT2D eigenvalue weighted by atomic mass is 9.84. The molecule has 1 saturated heterocycles. The van der Waals surface area contributed by atoms with Crippen LogP contribution in [0.2, 0.25) is 0 Å². The zero-order chi connectivity index (χ0) is 36.7. The van der Waals surface area contributed by atoms with Gasteiger partial charge in [0.25, 0.3) is 0 Å². The van der Waals surface area contributed by atoms with E-state index < -0.39 is 0 Å². The van der Waals surface area contributed by atoms with Gasteiger partial charge in [0.1, 0.15) is 17.2 Å². The van der Waals surface area contributed by atoms with Crippen LogP contribution in [0.3, 0.4) is 0 Å². The van der Waals surface area contributed by atoms with Crippen LogP contribution in [0.15, 0.2) is 84.9 Å². The number of para-hydroxylation sites is 1. The molecule has 4 aromatic rings. The van der Waals surface area contributed by atoms with Crippen molar-refractivity contribution in [3.63, 3.8) is 0 Å². The van der Waals surface area contributed by atoms with E-state index in [0.29, 0.717) is 52.5 Å². The molecule has 1 amide bonds. The van der Waals surface area contributed by atoms with E-state index in [-0.39, 0.29) is 42.5 Å². The van der Waals surface area contributed by atoms with Gasteiger partial charge in [-0.3, -0.25) is 20.0 Å². The fourth-order valence-electron chi connectivity index (χ4n) is 6.59. The van der Waals surface area contributed by atoms with Gasteiger partial charge in [-0.15, -0.1) is 0 Å². The van der Waals surface area contributed by atoms with Crippen molar-refractivity contribution in [2.75, 3.05) is 53.7 Å². The summed E-state index contributed by atoms with van der Waals surface area (Å²) in [4.78, 5) is 19.8. The second-order valence-electron chi connectivity index (χ2n) is 12.5. The largest absolute Gasteiger partial charge is 0.496 e. The van der Waals surface area contributed by atoms with E-state index >= 15 is 0 Å². The predicted octanol–water partition coefficient (Wildman–Crippen LogP) is 6.55. The Kier molecular flexibility index (Phi) is 15.1. The van der Waals surface area contributed by atoms with Crippen LogP contribution in [0.1, 0.15) is 48.8 Å². The second-order valence-corrected chi connectivity index (χ2v) is 12.5. The van der Waals surface area contributed by atoms with Crippen molar-refractivity contribution in [2.24, 2.45) is 0 Å². The number of hydrogen-bond acceptors (Lipinski definition) is 11. The van der Waals surface area contributed by atoms with Gasteiger partial charge in [-0.05, 0) is 60.2 Å². The Balaban J connectivity index is 1.26. The Morgan fingerprint density at radius 1 is 0.808 bits per heavy atom. The molecule has 3 unspecified atom stereocenters. The van der Waals surface area contributed by atoms with Crippen molar-refractivity contribution in [3.8, 4) is 17.2 Å². The highest BCUT2D eigenvalue weighted by atomic mass is 17.1. The summed E-state index contributed by atoms with van der Waals surface area (Å²) >= 11 is 0. The third-order valence-electron chi connectivity index (χ3n) is 9.06. The standard InChI is InChI=1S/C40H50N2O10/c1-4-49-37-25-41(39(43)15-9-22-52-42(44)45)26-38(51-27-29-23-31-11-5-7-13-34(31)36(24-29)47-3)40(37)30-16-18-33(19-17-30)50-21-10-20-48-28-32-12-6-8-14-35(32)46-2/h5-8,11-14,16-19,23-24,37-38,40,44-45H,4,9-10,15,20-22,25-28H2,1-3H3. The molecular formula is C40H50N2O10. The molecule has 0 bridgehead atoms. The monoisotopic (exact) mass is 718 g/mol. The molecule has 1 aliphatic rings. The van der Waals surface area contributed by atoms with Gasteiger partial charge in [-0.1, -0.05) is 54.6 Å². The van der Waals surface area contributed by atoms with E-state index in [2.05, 4.69) is 10.9 Å². The third-order valence-corrected chi connectivity index (χ3v) is 9.06. The van der Waals surface area contributed by atoms with Crippen LogP contribution in [0.5, 0.6) is 17.2 Å². The summed E-state index contributed by atoms with van der Waals surface area (Å²) in [5, 5.41) is 19.4. The van der Waals surface area contributed by atoms with Crippen molar-refractivity contribution >= 4 is 16.7 Å². The summed E-state index contributed by atoms with van der Waals surface area (Å²) in [5.41, 5.74) is 2.99. The van der Waals surface area contributed by atoms with Gasteiger partial charge in [-0.25, -0.2) is 0 Å². The number of ether oxygens (including phenoxy) is 6. The minimum absolute atomic E-state index is 0.0157. The second kappa shape index (κ2) is 20.1. The van der Waals surface area contributed by atoms with Gasteiger partial charge >= 0.3 is 0 Å². The van der Waals surface area contributed by atoms with Crippen LogP contribution in [0, 0.1) is 0 Å². The van der Waals surface area contributed by atoms with Gasteiger partial charge in [-0.2, -0.15) is 0 Å². The Bertz CT molecular complexity index is 1690. The van der Waals surface area contributed by atoms with Crippen LogP contribution >= 0.6 is 0 Å². The van der Waals surface area contributed by atoms with Crippen LogP contribution < -0.4 is 14.2 Å². The van der Waals surface area contributed by atoms with E-state index in [4.69, 9.17) is 38.8 Å². The van der Waals surface area contributed by atoms with Gasteiger partial charge in [0.2, 0.25) is 5.91 Å². The highest BCUT2D eigenvalue weighted by Gasteiger charge is 2.40. The number of rotatable bonds is 20. The summed E-state index contributed by atoms with van der Waals surface area (Å²) in [6.45, 7) is 4.99.